The number of amides is 2. The Balaban J connectivity index is 2.35. The average Bonchev–Trinajstić information content (AvgIpc) is 2.54. The molecule has 0 aliphatic carbocycles. The lowest BCUT2D eigenvalue weighted by molar-refractivity contribution is 0.0963. The second kappa shape index (κ2) is 7.11. The third-order valence-electron chi connectivity index (χ3n) is 3.12. The van der Waals surface area contributed by atoms with Gasteiger partial charge in [0.25, 0.3) is 11.8 Å². The van der Waals surface area contributed by atoms with Crippen molar-refractivity contribution in [2.45, 2.75) is 0 Å². The predicted molar refractivity (Wildman–Crippen MR) is 85.7 cm³/mol. The highest BCUT2D eigenvalue weighted by molar-refractivity contribution is 6.34. The predicted octanol–water partition coefficient (Wildman–Crippen LogP) is 3.10. The van der Waals surface area contributed by atoms with Crippen molar-refractivity contribution in [3.8, 4) is 5.75 Å². The summed E-state index contributed by atoms with van der Waals surface area (Å²) >= 11 is 5.87. The summed E-state index contributed by atoms with van der Waals surface area (Å²) in [5.41, 5.74) is 0.626. The van der Waals surface area contributed by atoms with Gasteiger partial charge in [-0.25, -0.2) is 4.39 Å². The van der Waals surface area contributed by atoms with Gasteiger partial charge in [-0.1, -0.05) is 11.6 Å². The molecule has 0 heterocycles. The van der Waals surface area contributed by atoms with E-state index in [4.69, 9.17) is 16.3 Å². The maximum atomic E-state index is 13.1. The summed E-state index contributed by atoms with van der Waals surface area (Å²) < 4.78 is 18.1. The van der Waals surface area contributed by atoms with E-state index in [0.717, 1.165) is 12.1 Å². The van der Waals surface area contributed by atoms with Crippen molar-refractivity contribution in [3.05, 3.63) is 58.4 Å². The summed E-state index contributed by atoms with van der Waals surface area (Å²) in [7, 11) is 2.95. The van der Waals surface area contributed by atoms with Crippen LogP contribution in [0.4, 0.5) is 10.1 Å². The highest BCUT2D eigenvalue weighted by Gasteiger charge is 2.16. The van der Waals surface area contributed by atoms with E-state index in [1.165, 1.54) is 26.3 Å². The van der Waals surface area contributed by atoms with Crippen LogP contribution in [0.2, 0.25) is 5.02 Å². The number of ether oxygens (including phenoxy) is 1. The van der Waals surface area contributed by atoms with Gasteiger partial charge in [0.2, 0.25) is 0 Å². The van der Waals surface area contributed by atoms with Crippen LogP contribution < -0.4 is 15.4 Å². The summed E-state index contributed by atoms with van der Waals surface area (Å²) in [5, 5.41) is 5.06. The van der Waals surface area contributed by atoms with Crippen molar-refractivity contribution in [3.63, 3.8) is 0 Å². The third-order valence-corrected chi connectivity index (χ3v) is 3.44. The van der Waals surface area contributed by atoms with Crippen LogP contribution >= 0.6 is 11.6 Å². The summed E-state index contributed by atoms with van der Waals surface area (Å²) in [5.74, 6) is -1.00. The molecule has 2 rings (SSSR count). The molecule has 5 nitrogen and oxygen atoms in total. The van der Waals surface area contributed by atoms with Crippen molar-refractivity contribution in [2.24, 2.45) is 0 Å². The van der Waals surface area contributed by atoms with E-state index in [0.29, 0.717) is 5.75 Å². The molecule has 2 amide bonds. The lowest BCUT2D eigenvalue weighted by Crippen LogP contribution is -2.21. The quantitative estimate of drug-likeness (QED) is 0.901. The average molecular weight is 337 g/mol. The summed E-state index contributed by atoms with van der Waals surface area (Å²) in [6.07, 6.45) is 0. The molecule has 0 spiro atoms. The van der Waals surface area contributed by atoms with Gasteiger partial charge in [0.05, 0.1) is 28.9 Å². The molecular weight excluding hydrogens is 323 g/mol. The minimum atomic E-state index is -0.551. The number of hydrogen-bond donors (Lipinski definition) is 2. The monoisotopic (exact) mass is 336 g/mol. The Kier molecular flexibility index (Phi) is 5.18. The van der Waals surface area contributed by atoms with Crippen molar-refractivity contribution in [1.29, 1.82) is 0 Å². The molecule has 0 saturated carbocycles. The van der Waals surface area contributed by atoms with Crippen molar-refractivity contribution >= 4 is 29.1 Å². The molecule has 0 bridgehead atoms. The molecule has 0 radical (unpaired) electrons. The number of carbonyl (C=O) groups excluding carboxylic acids is 2. The molecule has 2 aromatic carbocycles. The van der Waals surface area contributed by atoms with Gasteiger partial charge in [-0.2, -0.15) is 0 Å². The maximum Gasteiger partial charge on any atom is 0.257 e. The Bertz CT molecular complexity index is 765. The smallest absolute Gasteiger partial charge is 0.257 e. The van der Waals surface area contributed by atoms with E-state index < -0.39 is 11.7 Å². The molecule has 2 aromatic rings. The SMILES string of the molecule is CNC(=O)c1cc(OC)ccc1NC(=O)c1ccc(F)cc1Cl. The van der Waals surface area contributed by atoms with Gasteiger partial charge in [-0.15, -0.1) is 0 Å². The molecule has 0 saturated heterocycles. The fourth-order valence-electron chi connectivity index (χ4n) is 1.95. The lowest BCUT2D eigenvalue weighted by Gasteiger charge is -2.12. The minimum Gasteiger partial charge on any atom is -0.497 e. The molecule has 0 atom stereocenters. The molecule has 0 fully saturated rings. The topological polar surface area (TPSA) is 67.4 Å². The van der Waals surface area contributed by atoms with E-state index in [-0.39, 0.29) is 27.7 Å². The second-order valence-corrected chi connectivity index (χ2v) is 4.98. The summed E-state index contributed by atoms with van der Waals surface area (Å²) in [6.45, 7) is 0. The van der Waals surface area contributed by atoms with Crippen LogP contribution in [0.5, 0.6) is 5.75 Å². The lowest BCUT2D eigenvalue weighted by atomic mass is 10.1. The first-order chi connectivity index (χ1) is 11.0. The maximum absolute atomic E-state index is 13.1. The summed E-state index contributed by atoms with van der Waals surface area (Å²) in [4.78, 5) is 24.2. The van der Waals surface area contributed by atoms with Crippen LogP contribution in [0, 0.1) is 5.82 Å². The Morgan fingerprint density at radius 2 is 1.83 bits per heavy atom. The van der Waals surface area contributed by atoms with E-state index in [1.807, 2.05) is 0 Å². The van der Waals surface area contributed by atoms with Crippen LogP contribution in [0.25, 0.3) is 0 Å². The van der Waals surface area contributed by atoms with Crippen LogP contribution in [-0.2, 0) is 0 Å². The molecule has 2 N–H and O–H groups in total. The molecular formula is C16H14ClFN2O3. The van der Waals surface area contributed by atoms with Crippen molar-refractivity contribution in [1.82, 2.24) is 5.32 Å². The van der Waals surface area contributed by atoms with Gasteiger partial charge >= 0.3 is 0 Å². The molecule has 120 valence electrons. The van der Waals surface area contributed by atoms with E-state index in [1.54, 1.807) is 12.1 Å². The molecule has 23 heavy (non-hydrogen) atoms. The number of hydrogen-bond acceptors (Lipinski definition) is 3. The van der Waals surface area contributed by atoms with Gasteiger partial charge in [0, 0.05) is 7.05 Å². The number of nitrogens with one attached hydrogen (secondary N) is 2. The first-order valence-corrected chi connectivity index (χ1v) is 7.00. The number of rotatable bonds is 4. The van der Waals surface area contributed by atoms with Crippen LogP contribution in [0.3, 0.4) is 0 Å². The van der Waals surface area contributed by atoms with E-state index in [2.05, 4.69) is 10.6 Å². The van der Waals surface area contributed by atoms with Gasteiger partial charge in [-0.3, -0.25) is 9.59 Å². The largest absolute Gasteiger partial charge is 0.497 e. The second-order valence-electron chi connectivity index (χ2n) is 4.57. The molecule has 0 aliphatic rings. The Morgan fingerprint density at radius 1 is 1.09 bits per heavy atom. The van der Waals surface area contributed by atoms with E-state index >= 15 is 0 Å². The fourth-order valence-corrected chi connectivity index (χ4v) is 2.20. The van der Waals surface area contributed by atoms with Gasteiger partial charge in [-0.05, 0) is 36.4 Å². The van der Waals surface area contributed by atoms with Crippen LogP contribution in [0.15, 0.2) is 36.4 Å². The van der Waals surface area contributed by atoms with Gasteiger partial charge in [0.1, 0.15) is 11.6 Å². The highest BCUT2D eigenvalue weighted by atomic mass is 35.5. The van der Waals surface area contributed by atoms with Crippen LogP contribution in [0.1, 0.15) is 20.7 Å². The number of benzene rings is 2. The van der Waals surface area contributed by atoms with E-state index in [9.17, 15) is 14.0 Å². The van der Waals surface area contributed by atoms with Crippen molar-refractivity contribution in [2.75, 3.05) is 19.5 Å². The first-order valence-electron chi connectivity index (χ1n) is 6.62. The zero-order valence-electron chi connectivity index (χ0n) is 12.4. The Labute approximate surface area is 137 Å². The zero-order chi connectivity index (χ0) is 17.0. The number of halogens is 2. The fraction of sp³-hybridized carbons (Fsp3) is 0.125. The van der Waals surface area contributed by atoms with Gasteiger partial charge < -0.3 is 15.4 Å². The number of anilines is 1. The molecule has 0 aliphatic heterocycles. The molecule has 7 heteroatoms. The minimum absolute atomic E-state index is 0.0162. The standard InChI is InChI=1S/C16H14ClFN2O3/c1-19-15(21)12-8-10(23-2)4-6-14(12)20-16(22)11-5-3-9(18)7-13(11)17/h3-8H,1-2H3,(H,19,21)(H,20,22). The molecule has 0 aromatic heterocycles. The zero-order valence-corrected chi connectivity index (χ0v) is 13.2. The normalized spacial score (nSPS) is 10.1. The van der Waals surface area contributed by atoms with Crippen LogP contribution in [-0.4, -0.2) is 26.0 Å². The summed E-state index contributed by atoms with van der Waals surface area (Å²) in [6, 6.07) is 8.10. The first kappa shape index (κ1) is 16.8. The van der Waals surface area contributed by atoms with Crippen molar-refractivity contribution < 1.29 is 18.7 Å². The highest BCUT2D eigenvalue weighted by Crippen LogP contribution is 2.24. The van der Waals surface area contributed by atoms with Gasteiger partial charge in [0.15, 0.2) is 0 Å². The number of carbonyl (C=O) groups is 2. The Morgan fingerprint density at radius 3 is 2.43 bits per heavy atom. The Hall–Kier alpha value is -2.60. The number of methoxy groups -OCH3 is 1. The third kappa shape index (κ3) is 3.78. The molecule has 0 unspecified atom stereocenters.